The van der Waals surface area contributed by atoms with Crippen molar-refractivity contribution in [3.8, 4) is 11.3 Å². The van der Waals surface area contributed by atoms with Crippen LogP contribution < -0.4 is 10.9 Å². The number of ketones is 1. The van der Waals surface area contributed by atoms with Gasteiger partial charge < -0.3 is 4.57 Å². The minimum absolute atomic E-state index is 0.0513. The number of nitrogens with one attached hydrogen (secondary N) is 1. The SMILES string of the molecule is CC(C)C(=O)Cc1ccc2nc3n(c2c1)Cc1cccc(c1)-c1ccc(=O)n(n1)Cc1cccc(c1)C(=O)N3. The van der Waals surface area contributed by atoms with Crippen LogP contribution in [-0.2, 0) is 24.3 Å². The topological polar surface area (TPSA) is 98.9 Å². The Hall–Kier alpha value is -4.85. The first-order chi connectivity index (χ1) is 18.8. The highest BCUT2D eigenvalue weighted by Crippen LogP contribution is 2.26. The van der Waals surface area contributed by atoms with E-state index in [1.807, 2.05) is 66.9 Å². The van der Waals surface area contributed by atoms with Crippen LogP contribution >= 0.6 is 0 Å². The number of hydrogen-bond donors (Lipinski definition) is 1. The first-order valence-electron chi connectivity index (χ1n) is 12.9. The molecule has 0 saturated heterocycles. The molecular weight excluding hydrogens is 490 g/mol. The maximum Gasteiger partial charge on any atom is 0.267 e. The molecule has 0 radical (unpaired) electrons. The number of Topliss-reactive ketones (excluding diaryl/α,β-unsaturated/α-hetero) is 1. The van der Waals surface area contributed by atoms with Crippen molar-refractivity contribution in [1.29, 1.82) is 0 Å². The molecule has 0 aliphatic carbocycles. The van der Waals surface area contributed by atoms with E-state index in [9.17, 15) is 14.4 Å². The second-order valence-corrected chi connectivity index (χ2v) is 10.2. The van der Waals surface area contributed by atoms with Crippen molar-refractivity contribution in [3.63, 3.8) is 0 Å². The summed E-state index contributed by atoms with van der Waals surface area (Å²) in [6.45, 7) is 4.47. The summed E-state index contributed by atoms with van der Waals surface area (Å²) in [6.07, 6.45) is 0.337. The van der Waals surface area contributed by atoms with Crippen molar-refractivity contribution in [2.24, 2.45) is 5.92 Å². The number of hydrogen-bond acceptors (Lipinski definition) is 5. The number of rotatable bonds is 3. The molecule has 8 heteroatoms. The van der Waals surface area contributed by atoms with Crippen molar-refractivity contribution < 1.29 is 9.59 Å². The second-order valence-electron chi connectivity index (χ2n) is 10.2. The van der Waals surface area contributed by atoms with Crippen LogP contribution in [0.3, 0.4) is 0 Å². The van der Waals surface area contributed by atoms with E-state index in [1.54, 1.807) is 24.3 Å². The highest BCUT2D eigenvalue weighted by atomic mass is 16.2. The zero-order valence-electron chi connectivity index (χ0n) is 21.7. The molecule has 39 heavy (non-hydrogen) atoms. The molecule has 2 aromatic heterocycles. The van der Waals surface area contributed by atoms with Crippen LogP contribution in [0.2, 0.25) is 0 Å². The van der Waals surface area contributed by atoms with Crippen LogP contribution in [-0.4, -0.2) is 31.0 Å². The van der Waals surface area contributed by atoms with Gasteiger partial charge in [0, 0.05) is 29.5 Å². The van der Waals surface area contributed by atoms with Crippen LogP contribution in [0.1, 0.15) is 40.9 Å². The van der Waals surface area contributed by atoms with Crippen molar-refractivity contribution in [3.05, 3.63) is 111 Å². The maximum absolute atomic E-state index is 13.4. The van der Waals surface area contributed by atoms with Crippen LogP contribution in [0.5, 0.6) is 0 Å². The third kappa shape index (κ3) is 4.88. The van der Waals surface area contributed by atoms with Crippen molar-refractivity contribution in [1.82, 2.24) is 19.3 Å². The van der Waals surface area contributed by atoms with Crippen molar-refractivity contribution in [2.45, 2.75) is 33.4 Å². The molecule has 194 valence electrons. The lowest BCUT2D eigenvalue weighted by Crippen LogP contribution is -2.23. The minimum atomic E-state index is -0.304. The molecule has 1 amide bonds. The Kier molecular flexibility index (Phi) is 6.15. The highest BCUT2D eigenvalue weighted by Gasteiger charge is 2.18. The summed E-state index contributed by atoms with van der Waals surface area (Å²) in [5.74, 6) is 0.231. The van der Waals surface area contributed by atoms with Crippen LogP contribution in [0.15, 0.2) is 83.7 Å². The van der Waals surface area contributed by atoms with Crippen molar-refractivity contribution in [2.75, 3.05) is 5.32 Å². The number of carbonyl (C=O) groups is 2. The number of fused-ring (bicyclic) bond motifs is 10. The Morgan fingerprint density at radius 1 is 0.897 bits per heavy atom. The monoisotopic (exact) mass is 517 g/mol. The van der Waals surface area contributed by atoms with Gasteiger partial charge in [-0.05, 0) is 53.1 Å². The summed E-state index contributed by atoms with van der Waals surface area (Å²) < 4.78 is 3.38. The molecule has 8 nitrogen and oxygen atoms in total. The Morgan fingerprint density at radius 2 is 1.64 bits per heavy atom. The number of amides is 1. The van der Waals surface area contributed by atoms with Gasteiger partial charge in [-0.25, -0.2) is 9.67 Å². The molecule has 3 heterocycles. The molecule has 0 unspecified atom stereocenters. The lowest BCUT2D eigenvalue weighted by Gasteiger charge is -2.12. The van der Waals surface area contributed by atoms with Gasteiger partial charge in [-0.1, -0.05) is 50.2 Å². The summed E-state index contributed by atoms with van der Waals surface area (Å²) in [7, 11) is 0. The third-order valence-electron chi connectivity index (χ3n) is 7.01. The third-order valence-corrected chi connectivity index (χ3v) is 7.01. The van der Waals surface area contributed by atoms with E-state index in [2.05, 4.69) is 10.4 Å². The molecule has 1 aliphatic heterocycles. The average Bonchev–Trinajstić information content (AvgIpc) is 3.25. The number of aromatic nitrogens is 4. The van der Waals surface area contributed by atoms with Gasteiger partial charge in [-0.3, -0.25) is 19.7 Å². The zero-order chi connectivity index (χ0) is 27.1. The van der Waals surface area contributed by atoms with Crippen LogP contribution in [0, 0.1) is 5.92 Å². The van der Waals surface area contributed by atoms with E-state index < -0.39 is 0 Å². The minimum Gasteiger partial charge on any atom is -0.305 e. The predicted octanol–water partition coefficient (Wildman–Crippen LogP) is 4.69. The first-order valence-corrected chi connectivity index (χ1v) is 12.9. The van der Waals surface area contributed by atoms with E-state index in [4.69, 9.17) is 4.98 Å². The van der Waals surface area contributed by atoms with Crippen LogP contribution in [0.25, 0.3) is 22.3 Å². The standard InChI is InChI=1S/C31H27N5O3/c1-19(2)28(37)16-20-9-10-26-27(15-20)35-17-21-5-3-7-23(13-21)25-11-12-29(38)36(34-25)18-22-6-4-8-24(14-22)30(39)33-31(35)32-26/h3-15,19H,16-18H2,1-2H3,(H,32,33,39). The lowest BCUT2D eigenvalue weighted by atomic mass is 10.0. The molecule has 5 aromatic rings. The zero-order valence-corrected chi connectivity index (χ0v) is 21.7. The summed E-state index contributed by atoms with van der Waals surface area (Å²) in [5.41, 5.74) is 6.01. The molecule has 1 N–H and O–H groups in total. The van der Waals surface area contributed by atoms with Crippen LogP contribution in [0.4, 0.5) is 5.95 Å². The molecule has 0 spiro atoms. The molecule has 6 bridgehead atoms. The fourth-order valence-electron chi connectivity index (χ4n) is 4.82. The van der Waals surface area contributed by atoms with E-state index >= 15 is 0 Å². The van der Waals surface area contributed by atoms with E-state index in [-0.39, 0.29) is 29.7 Å². The van der Waals surface area contributed by atoms with Gasteiger partial charge in [0.25, 0.3) is 11.5 Å². The number of imidazole rings is 1. The average molecular weight is 518 g/mol. The second kappa shape index (κ2) is 9.79. The van der Waals surface area contributed by atoms with Gasteiger partial charge in [0.15, 0.2) is 0 Å². The van der Waals surface area contributed by atoms with Gasteiger partial charge in [-0.2, -0.15) is 5.10 Å². The molecule has 0 atom stereocenters. The fourth-order valence-corrected chi connectivity index (χ4v) is 4.82. The predicted molar refractivity (Wildman–Crippen MR) is 150 cm³/mol. The number of benzene rings is 3. The van der Waals surface area contributed by atoms with Gasteiger partial charge in [0.1, 0.15) is 5.78 Å². The Labute approximate surface area is 224 Å². The first kappa shape index (κ1) is 24.5. The maximum atomic E-state index is 13.4. The van der Waals surface area contributed by atoms with Gasteiger partial charge in [0.2, 0.25) is 5.95 Å². The van der Waals surface area contributed by atoms with Gasteiger partial charge in [0.05, 0.1) is 29.8 Å². The molecule has 3 aromatic carbocycles. The lowest BCUT2D eigenvalue weighted by molar-refractivity contribution is -0.121. The smallest absolute Gasteiger partial charge is 0.267 e. The summed E-state index contributed by atoms with van der Waals surface area (Å²) in [4.78, 5) is 43.1. The number of nitrogens with zero attached hydrogens (tertiary/aromatic N) is 4. The molecular formula is C31H27N5O3. The Balaban J connectivity index is 1.52. The largest absolute Gasteiger partial charge is 0.305 e. The van der Waals surface area contributed by atoms with Gasteiger partial charge >= 0.3 is 0 Å². The van der Waals surface area contributed by atoms with E-state index in [1.165, 1.54) is 10.7 Å². The summed E-state index contributed by atoms with van der Waals surface area (Å²) in [5, 5.41) is 7.61. The summed E-state index contributed by atoms with van der Waals surface area (Å²) >= 11 is 0. The summed E-state index contributed by atoms with van der Waals surface area (Å²) in [6, 6.07) is 24.1. The van der Waals surface area contributed by atoms with Crippen molar-refractivity contribution >= 4 is 28.7 Å². The highest BCUT2D eigenvalue weighted by molar-refractivity contribution is 6.04. The normalized spacial score (nSPS) is 12.9. The number of anilines is 1. The number of carbonyl (C=O) groups excluding carboxylic acids is 2. The fraction of sp³-hybridized carbons (Fsp3) is 0.194. The molecule has 0 saturated carbocycles. The molecule has 6 rings (SSSR count). The van der Waals surface area contributed by atoms with Gasteiger partial charge in [-0.15, -0.1) is 0 Å². The van der Waals surface area contributed by atoms with E-state index in [0.717, 1.165) is 33.3 Å². The molecule has 1 aliphatic rings. The quantitative estimate of drug-likeness (QED) is 0.374. The van der Waals surface area contributed by atoms with E-state index in [0.29, 0.717) is 30.2 Å². The Bertz CT molecular complexity index is 1820. The molecule has 0 fully saturated rings. The Morgan fingerprint density at radius 3 is 2.44 bits per heavy atom.